The van der Waals surface area contributed by atoms with E-state index in [1.165, 1.54) is 7.05 Å². The maximum absolute atomic E-state index is 11.0. The zero-order chi connectivity index (χ0) is 14.4. The second-order valence-electron chi connectivity index (χ2n) is 3.48. The largest absolute Gasteiger partial charge is 0.449 e. The fourth-order valence-corrected chi connectivity index (χ4v) is 0.834. The quantitative estimate of drug-likeness (QED) is 0.715. The van der Waals surface area contributed by atoms with Gasteiger partial charge in [-0.3, -0.25) is 0 Å². The lowest BCUT2D eigenvalue weighted by atomic mass is 10.2. The standard InChI is InChI=1S/C10H20N2O4.C2H4/c1-4-5-12-10(14)16-7-8(2)6-15-9(13)11-3;1-2/h8H,4-7H2,1-3H3,(H,11,13)(H,12,14);1-2H2. The van der Waals surface area contributed by atoms with E-state index >= 15 is 0 Å². The molecule has 1 unspecified atom stereocenters. The van der Waals surface area contributed by atoms with E-state index in [-0.39, 0.29) is 19.1 Å². The Labute approximate surface area is 109 Å². The molecule has 0 aliphatic heterocycles. The smallest absolute Gasteiger partial charge is 0.407 e. The van der Waals surface area contributed by atoms with E-state index in [4.69, 9.17) is 9.47 Å². The van der Waals surface area contributed by atoms with Crippen LogP contribution >= 0.6 is 0 Å². The first kappa shape index (κ1) is 18.6. The summed E-state index contributed by atoms with van der Waals surface area (Å²) in [5.41, 5.74) is 0. The number of rotatable bonds is 6. The normalized spacial score (nSPS) is 10.4. The monoisotopic (exact) mass is 260 g/mol. The zero-order valence-electron chi connectivity index (χ0n) is 11.5. The van der Waals surface area contributed by atoms with Gasteiger partial charge in [-0.15, -0.1) is 13.2 Å². The minimum Gasteiger partial charge on any atom is -0.449 e. The molecule has 6 nitrogen and oxygen atoms in total. The molecule has 0 aliphatic carbocycles. The van der Waals surface area contributed by atoms with Crippen LogP contribution in [-0.2, 0) is 9.47 Å². The molecule has 0 heterocycles. The number of carbonyl (C=O) groups is 2. The van der Waals surface area contributed by atoms with Gasteiger partial charge < -0.3 is 20.1 Å². The molecule has 0 bridgehead atoms. The Morgan fingerprint density at radius 2 is 1.67 bits per heavy atom. The summed E-state index contributed by atoms with van der Waals surface area (Å²) in [6, 6.07) is 0. The van der Waals surface area contributed by atoms with Gasteiger partial charge in [-0.25, -0.2) is 9.59 Å². The van der Waals surface area contributed by atoms with E-state index in [2.05, 4.69) is 23.8 Å². The maximum Gasteiger partial charge on any atom is 0.407 e. The highest BCUT2D eigenvalue weighted by Crippen LogP contribution is 1.97. The number of hydrogen-bond acceptors (Lipinski definition) is 4. The highest BCUT2D eigenvalue weighted by atomic mass is 16.6. The number of alkyl carbamates (subject to hydrolysis) is 2. The van der Waals surface area contributed by atoms with Gasteiger partial charge in [0.1, 0.15) is 0 Å². The van der Waals surface area contributed by atoms with Crippen molar-refractivity contribution in [2.75, 3.05) is 26.8 Å². The molecule has 0 aromatic rings. The summed E-state index contributed by atoms with van der Waals surface area (Å²) in [6.07, 6.45) is -0.0549. The Hall–Kier alpha value is -1.72. The Morgan fingerprint density at radius 1 is 1.17 bits per heavy atom. The summed E-state index contributed by atoms with van der Waals surface area (Å²) in [6.45, 7) is 10.8. The Morgan fingerprint density at radius 3 is 2.11 bits per heavy atom. The summed E-state index contributed by atoms with van der Waals surface area (Å²) in [4.78, 5) is 21.8. The van der Waals surface area contributed by atoms with Gasteiger partial charge in [-0.1, -0.05) is 13.8 Å². The van der Waals surface area contributed by atoms with Crippen molar-refractivity contribution in [2.24, 2.45) is 5.92 Å². The van der Waals surface area contributed by atoms with Crippen LogP contribution in [0.3, 0.4) is 0 Å². The highest BCUT2D eigenvalue weighted by molar-refractivity contribution is 5.67. The summed E-state index contributed by atoms with van der Waals surface area (Å²) >= 11 is 0. The van der Waals surface area contributed by atoms with E-state index in [1.54, 1.807) is 0 Å². The summed E-state index contributed by atoms with van der Waals surface area (Å²) in [7, 11) is 1.49. The molecule has 18 heavy (non-hydrogen) atoms. The molecule has 2 amide bonds. The first-order valence-corrected chi connectivity index (χ1v) is 5.85. The number of ether oxygens (including phenoxy) is 2. The molecule has 0 aromatic heterocycles. The molecule has 0 fully saturated rings. The molecule has 0 aromatic carbocycles. The van der Waals surface area contributed by atoms with Crippen LogP contribution in [-0.4, -0.2) is 39.0 Å². The van der Waals surface area contributed by atoms with Crippen molar-refractivity contribution < 1.29 is 19.1 Å². The third-order valence-corrected chi connectivity index (χ3v) is 1.72. The number of amides is 2. The fourth-order valence-electron chi connectivity index (χ4n) is 0.834. The van der Waals surface area contributed by atoms with Crippen LogP contribution in [0.25, 0.3) is 0 Å². The first-order chi connectivity index (χ1) is 8.60. The zero-order valence-corrected chi connectivity index (χ0v) is 11.5. The molecule has 6 heteroatoms. The van der Waals surface area contributed by atoms with Crippen molar-refractivity contribution in [3.63, 3.8) is 0 Å². The van der Waals surface area contributed by atoms with Crippen LogP contribution in [0.2, 0.25) is 0 Å². The molecule has 106 valence electrons. The topological polar surface area (TPSA) is 76.7 Å². The van der Waals surface area contributed by atoms with Crippen LogP contribution in [0.5, 0.6) is 0 Å². The average Bonchev–Trinajstić information content (AvgIpc) is 2.42. The minimum atomic E-state index is -0.484. The SMILES string of the molecule is C=C.CCCNC(=O)OCC(C)COC(=O)NC. The highest BCUT2D eigenvalue weighted by Gasteiger charge is 2.08. The van der Waals surface area contributed by atoms with Crippen LogP contribution in [0, 0.1) is 5.92 Å². The Balaban J connectivity index is 0. The second-order valence-corrected chi connectivity index (χ2v) is 3.48. The van der Waals surface area contributed by atoms with E-state index in [9.17, 15) is 9.59 Å². The van der Waals surface area contributed by atoms with E-state index in [1.807, 2.05) is 13.8 Å². The van der Waals surface area contributed by atoms with Gasteiger partial charge in [-0.2, -0.15) is 0 Å². The van der Waals surface area contributed by atoms with Gasteiger partial charge in [0.05, 0.1) is 13.2 Å². The number of hydrogen-bond donors (Lipinski definition) is 2. The molecule has 0 rings (SSSR count). The van der Waals surface area contributed by atoms with Crippen LogP contribution in [0.4, 0.5) is 9.59 Å². The maximum atomic E-state index is 11.0. The van der Waals surface area contributed by atoms with Crippen molar-refractivity contribution in [1.82, 2.24) is 10.6 Å². The van der Waals surface area contributed by atoms with E-state index < -0.39 is 12.2 Å². The van der Waals surface area contributed by atoms with Crippen LogP contribution in [0.1, 0.15) is 20.3 Å². The molecule has 2 N–H and O–H groups in total. The van der Waals surface area contributed by atoms with Crippen LogP contribution < -0.4 is 10.6 Å². The number of nitrogens with one attached hydrogen (secondary N) is 2. The lowest BCUT2D eigenvalue weighted by Gasteiger charge is -2.12. The molecule has 0 saturated heterocycles. The predicted octanol–water partition coefficient (Wildman–Crippen LogP) is 1.92. The third-order valence-electron chi connectivity index (χ3n) is 1.72. The van der Waals surface area contributed by atoms with Gasteiger partial charge in [-0.05, 0) is 6.42 Å². The van der Waals surface area contributed by atoms with Gasteiger partial charge in [0.15, 0.2) is 0 Å². The molecular weight excluding hydrogens is 236 g/mol. The van der Waals surface area contributed by atoms with Crippen molar-refractivity contribution in [1.29, 1.82) is 0 Å². The summed E-state index contributed by atoms with van der Waals surface area (Å²) in [5.74, 6) is -0.0234. The fraction of sp³-hybridized carbons (Fsp3) is 0.667. The van der Waals surface area contributed by atoms with Crippen molar-refractivity contribution in [3.8, 4) is 0 Å². The Bertz CT molecular complexity index is 234. The van der Waals surface area contributed by atoms with Crippen molar-refractivity contribution in [3.05, 3.63) is 13.2 Å². The molecule has 0 aliphatic rings. The first-order valence-electron chi connectivity index (χ1n) is 5.85. The minimum absolute atomic E-state index is 0.0234. The summed E-state index contributed by atoms with van der Waals surface area (Å²) < 4.78 is 9.71. The summed E-state index contributed by atoms with van der Waals surface area (Å²) in [5, 5.41) is 4.91. The lowest BCUT2D eigenvalue weighted by molar-refractivity contribution is 0.0923. The molecule has 0 spiro atoms. The van der Waals surface area contributed by atoms with E-state index in [0.717, 1.165) is 6.42 Å². The molecule has 0 radical (unpaired) electrons. The lowest BCUT2D eigenvalue weighted by Crippen LogP contribution is -2.28. The van der Waals surface area contributed by atoms with Gasteiger partial charge in [0.2, 0.25) is 0 Å². The number of carbonyl (C=O) groups excluding carboxylic acids is 2. The second kappa shape index (κ2) is 13.3. The van der Waals surface area contributed by atoms with Crippen molar-refractivity contribution >= 4 is 12.2 Å². The van der Waals surface area contributed by atoms with Gasteiger partial charge in [0, 0.05) is 19.5 Å². The van der Waals surface area contributed by atoms with Crippen molar-refractivity contribution in [2.45, 2.75) is 20.3 Å². The third kappa shape index (κ3) is 12.4. The predicted molar refractivity (Wildman–Crippen MR) is 70.5 cm³/mol. The Kier molecular flexibility index (Phi) is 13.8. The van der Waals surface area contributed by atoms with E-state index in [0.29, 0.717) is 6.54 Å². The molecule has 0 saturated carbocycles. The molecular formula is C12H24N2O4. The van der Waals surface area contributed by atoms with Gasteiger partial charge in [0.25, 0.3) is 0 Å². The molecule has 1 atom stereocenters. The van der Waals surface area contributed by atoms with Gasteiger partial charge >= 0.3 is 12.2 Å². The van der Waals surface area contributed by atoms with Crippen LogP contribution in [0.15, 0.2) is 13.2 Å². The average molecular weight is 260 g/mol.